The topological polar surface area (TPSA) is 96.2 Å². The smallest absolute Gasteiger partial charge is 0.236 e. The quantitative estimate of drug-likeness (QED) is 0.403. The van der Waals surface area contributed by atoms with Crippen molar-refractivity contribution in [3.05, 3.63) is 0 Å². The van der Waals surface area contributed by atoms with Crippen molar-refractivity contribution < 1.29 is 9.59 Å². The molecule has 0 fully saturated rings. The van der Waals surface area contributed by atoms with Crippen LogP contribution in [-0.4, -0.2) is 37.1 Å². The van der Waals surface area contributed by atoms with Gasteiger partial charge in [-0.05, 0) is 12.2 Å². The van der Waals surface area contributed by atoms with Crippen molar-refractivity contribution in [1.82, 2.24) is 16.0 Å². The summed E-state index contributed by atoms with van der Waals surface area (Å²) < 4.78 is 0. The van der Waals surface area contributed by atoms with Gasteiger partial charge in [-0.1, -0.05) is 0 Å². The van der Waals surface area contributed by atoms with Crippen LogP contribution < -0.4 is 21.7 Å². The monoisotopic (exact) mass is 218 g/mol. The summed E-state index contributed by atoms with van der Waals surface area (Å²) >= 11 is 4.79. The SMILES string of the molecule is CNC(=S)NCCC(=O)NCC(N)=O. The van der Waals surface area contributed by atoms with E-state index in [1.165, 1.54) is 0 Å². The standard InChI is InChI=1S/C7H14N4O2S/c1-9-7(14)10-3-2-6(13)11-4-5(8)12/h2-4H2,1H3,(H2,8,12)(H,11,13)(H2,9,10,14). The van der Waals surface area contributed by atoms with Gasteiger partial charge in [0.2, 0.25) is 11.8 Å². The van der Waals surface area contributed by atoms with E-state index in [4.69, 9.17) is 18.0 Å². The minimum Gasteiger partial charge on any atom is -0.368 e. The number of rotatable bonds is 5. The van der Waals surface area contributed by atoms with Crippen LogP contribution in [-0.2, 0) is 9.59 Å². The number of hydrogen-bond donors (Lipinski definition) is 4. The largest absolute Gasteiger partial charge is 0.368 e. The third-order valence-electron chi connectivity index (χ3n) is 1.32. The summed E-state index contributed by atoms with van der Waals surface area (Å²) in [5, 5.41) is 8.33. The third kappa shape index (κ3) is 7.29. The molecule has 0 unspecified atom stereocenters. The van der Waals surface area contributed by atoms with Crippen LogP contribution in [0, 0.1) is 0 Å². The molecule has 80 valence electrons. The molecule has 0 aromatic rings. The summed E-state index contributed by atoms with van der Waals surface area (Å²) in [6.07, 6.45) is 0.245. The summed E-state index contributed by atoms with van der Waals surface area (Å²) in [5.74, 6) is -0.799. The second kappa shape index (κ2) is 7.07. The lowest BCUT2D eigenvalue weighted by Crippen LogP contribution is -2.37. The van der Waals surface area contributed by atoms with E-state index < -0.39 is 5.91 Å². The summed E-state index contributed by atoms with van der Waals surface area (Å²) in [6, 6.07) is 0. The lowest BCUT2D eigenvalue weighted by Gasteiger charge is -2.06. The van der Waals surface area contributed by atoms with Crippen LogP contribution in [0.1, 0.15) is 6.42 Å². The molecule has 2 amide bonds. The van der Waals surface area contributed by atoms with Gasteiger partial charge in [0.25, 0.3) is 0 Å². The number of carbonyl (C=O) groups is 2. The highest BCUT2D eigenvalue weighted by molar-refractivity contribution is 7.80. The molecule has 7 heteroatoms. The minimum atomic E-state index is -0.558. The third-order valence-corrected chi connectivity index (χ3v) is 1.67. The van der Waals surface area contributed by atoms with Gasteiger partial charge in [-0.2, -0.15) is 0 Å². The van der Waals surface area contributed by atoms with Crippen molar-refractivity contribution in [2.75, 3.05) is 20.1 Å². The number of thiocarbonyl (C=S) groups is 1. The number of hydrogen-bond acceptors (Lipinski definition) is 3. The predicted octanol–water partition coefficient (Wildman–Crippen LogP) is -1.93. The van der Waals surface area contributed by atoms with Crippen molar-refractivity contribution in [3.8, 4) is 0 Å². The van der Waals surface area contributed by atoms with E-state index in [-0.39, 0.29) is 18.9 Å². The van der Waals surface area contributed by atoms with Gasteiger partial charge in [0.05, 0.1) is 6.54 Å². The molecule has 0 saturated carbocycles. The normalized spacial score (nSPS) is 8.93. The molecule has 0 spiro atoms. The van der Waals surface area contributed by atoms with Crippen molar-refractivity contribution in [3.63, 3.8) is 0 Å². The number of nitrogens with two attached hydrogens (primary N) is 1. The molecule has 0 aliphatic rings. The molecular formula is C7H14N4O2S. The van der Waals surface area contributed by atoms with Crippen molar-refractivity contribution in [2.45, 2.75) is 6.42 Å². The zero-order chi connectivity index (χ0) is 11.0. The van der Waals surface area contributed by atoms with E-state index in [1.54, 1.807) is 7.05 Å². The van der Waals surface area contributed by atoms with Crippen molar-refractivity contribution in [1.29, 1.82) is 0 Å². The molecule has 0 aliphatic heterocycles. The van der Waals surface area contributed by atoms with Crippen molar-refractivity contribution in [2.24, 2.45) is 5.73 Å². The van der Waals surface area contributed by atoms with E-state index in [0.717, 1.165) is 0 Å². The Bertz CT molecular complexity index is 232. The van der Waals surface area contributed by atoms with Gasteiger partial charge in [-0.3, -0.25) is 9.59 Å². The minimum absolute atomic E-state index is 0.130. The molecule has 0 radical (unpaired) electrons. The van der Waals surface area contributed by atoms with E-state index in [0.29, 0.717) is 11.7 Å². The molecule has 0 aromatic carbocycles. The number of carbonyl (C=O) groups excluding carboxylic acids is 2. The molecule has 0 atom stereocenters. The van der Waals surface area contributed by atoms with Crippen LogP contribution in [0.3, 0.4) is 0 Å². The van der Waals surface area contributed by atoms with Crippen LogP contribution >= 0.6 is 12.2 Å². The summed E-state index contributed by atoms with van der Waals surface area (Å²) in [7, 11) is 1.68. The van der Waals surface area contributed by atoms with Crippen LogP contribution in [0.2, 0.25) is 0 Å². The van der Waals surface area contributed by atoms with Crippen LogP contribution in [0.15, 0.2) is 0 Å². The fourth-order valence-corrected chi connectivity index (χ4v) is 0.754. The Morgan fingerprint density at radius 3 is 2.50 bits per heavy atom. The van der Waals surface area contributed by atoms with Gasteiger partial charge >= 0.3 is 0 Å². The average molecular weight is 218 g/mol. The second-order valence-electron chi connectivity index (χ2n) is 2.50. The maximum absolute atomic E-state index is 11.0. The maximum atomic E-state index is 11.0. The zero-order valence-electron chi connectivity index (χ0n) is 7.92. The summed E-state index contributed by atoms with van der Waals surface area (Å²) in [4.78, 5) is 21.3. The molecule has 0 aromatic heterocycles. The predicted molar refractivity (Wildman–Crippen MR) is 56.5 cm³/mol. The van der Waals surface area contributed by atoms with E-state index in [9.17, 15) is 9.59 Å². The maximum Gasteiger partial charge on any atom is 0.236 e. The highest BCUT2D eigenvalue weighted by Gasteiger charge is 2.02. The Kier molecular flexibility index (Phi) is 6.38. The molecule has 0 rings (SSSR count). The van der Waals surface area contributed by atoms with Gasteiger partial charge in [-0.25, -0.2) is 0 Å². The lowest BCUT2D eigenvalue weighted by atomic mass is 10.4. The fraction of sp³-hybridized carbons (Fsp3) is 0.571. The Balaban J connectivity index is 3.45. The lowest BCUT2D eigenvalue weighted by molar-refractivity contribution is -0.124. The first-order valence-electron chi connectivity index (χ1n) is 4.07. The molecule has 0 heterocycles. The Morgan fingerprint density at radius 2 is 2.00 bits per heavy atom. The Morgan fingerprint density at radius 1 is 1.36 bits per heavy atom. The highest BCUT2D eigenvalue weighted by atomic mass is 32.1. The highest BCUT2D eigenvalue weighted by Crippen LogP contribution is 1.76. The van der Waals surface area contributed by atoms with E-state index in [1.807, 2.05) is 0 Å². The van der Waals surface area contributed by atoms with Gasteiger partial charge in [-0.15, -0.1) is 0 Å². The molecule has 14 heavy (non-hydrogen) atoms. The molecule has 0 saturated heterocycles. The first-order chi connectivity index (χ1) is 6.56. The summed E-state index contributed by atoms with van der Waals surface area (Å²) in [6.45, 7) is 0.291. The first-order valence-corrected chi connectivity index (χ1v) is 4.47. The number of primary amides is 1. The van der Waals surface area contributed by atoms with Gasteiger partial charge in [0.1, 0.15) is 0 Å². The molecule has 0 aliphatic carbocycles. The second-order valence-corrected chi connectivity index (χ2v) is 2.91. The molecular weight excluding hydrogens is 204 g/mol. The summed E-state index contributed by atoms with van der Waals surface area (Å²) in [5.41, 5.74) is 4.84. The van der Waals surface area contributed by atoms with Crippen LogP contribution in [0.25, 0.3) is 0 Å². The molecule has 5 N–H and O–H groups in total. The van der Waals surface area contributed by atoms with Gasteiger partial charge in [0.15, 0.2) is 5.11 Å². The van der Waals surface area contributed by atoms with Crippen LogP contribution in [0.4, 0.5) is 0 Å². The fourth-order valence-electron chi connectivity index (χ4n) is 0.652. The average Bonchev–Trinajstić information content (AvgIpc) is 2.14. The zero-order valence-corrected chi connectivity index (χ0v) is 8.74. The Hall–Kier alpha value is -1.37. The van der Waals surface area contributed by atoms with Gasteiger partial charge in [0, 0.05) is 20.0 Å². The van der Waals surface area contributed by atoms with Crippen molar-refractivity contribution >= 4 is 29.1 Å². The van der Waals surface area contributed by atoms with Gasteiger partial charge < -0.3 is 21.7 Å². The van der Waals surface area contributed by atoms with Crippen LogP contribution in [0.5, 0.6) is 0 Å². The molecule has 6 nitrogen and oxygen atoms in total. The van der Waals surface area contributed by atoms with E-state index >= 15 is 0 Å². The first kappa shape index (κ1) is 12.6. The number of nitrogens with one attached hydrogen (secondary N) is 3. The number of amides is 2. The Labute approximate surface area is 87.6 Å². The molecule has 0 bridgehead atoms. The van der Waals surface area contributed by atoms with E-state index in [2.05, 4.69) is 16.0 Å².